The number of H-pyrrole nitrogens is 1. The van der Waals surface area contributed by atoms with E-state index in [-0.39, 0.29) is 11.3 Å². The normalized spacial score (nSPS) is 26.4. The third kappa shape index (κ3) is 4.09. The number of nitrogens with one attached hydrogen (secondary N) is 1. The molecule has 1 aliphatic heterocycles. The highest BCUT2D eigenvalue weighted by molar-refractivity contribution is 9.10. The summed E-state index contributed by atoms with van der Waals surface area (Å²) in [6.07, 6.45) is 3.44. The summed E-state index contributed by atoms with van der Waals surface area (Å²) in [5, 5.41) is 7.85. The summed E-state index contributed by atoms with van der Waals surface area (Å²) in [5.74, 6) is 1.33. The van der Waals surface area contributed by atoms with Crippen LogP contribution in [0.3, 0.4) is 0 Å². The maximum absolute atomic E-state index is 12.9. The Hall–Kier alpha value is -1.34. The number of aromatic amines is 1. The molecule has 1 amide bonds. The quantitative estimate of drug-likeness (QED) is 0.685. The monoisotopic (exact) mass is 448 g/mol. The van der Waals surface area contributed by atoms with Gasteiger partial charge in [0, 0.05) is 22.6 Å². The van der Waals surface area contributed by atoms with Crippen molar-refractivity contribution in [3.63, 3.8) is 0 Å². The number of halogens is 1. The van der Waals surface area contributed by atoms with Gasteiger partial charge in [-0.15, -0.1) is 5.10 Å². The molecule has 2 bridgehead atoms. The fourth-order valence-corrected chi connectivity index (χ4v) is 5.96. The van der Waals surface area contributed by atoms with Crippen molar-refractivity contribution in [2.24, 2.45) is 10.8 Å². The molecule has 1 saturated heterocycles. The summed E-state index contributed by atoms with van der Waals surface area (Å²) in [4.78, 5) is 19.5. The zero-order valence-corrected chi connectivity index (χ0v) is 18.4. The molecule has 5 nitrogen and oxygen atoms in total. The van der Waals surface area contributed by atoms with Gasteiger partial charge in [0.05, 0.1) is 5.75 Å². The van der Waals surface area contributed by atoms with E-state index in [0.29, 0.717) is 22.4 Å². The standard InChI is InChI=1S/C20H25BrN4OS/c1-19(2)8-15-9-20(3,11-19)12-25(15)16(26)10-27-18-22-17(23-24-18)13-4-6-14(21)7-5-13/h4-7,15H,8-12H2,1-3H3,(H,22,23,24)/t15-,20-/m0/s1. The van der Waals surface area contributed by atoms with Gasteiger partial charge >= 0.3 is 0 Å². The van der Waals surface area contributed by atoms with Gasteiger partial charge in [-0.1, -0.05) is 60.6 Å². The van der Waals surface area contributed by atoms with Crippen LogP contribution in [0.1, 0.15) is 40.0 Å². The summed E-state index contributed by atoms with van der Waals surface area (Å²) in [7, 11) is 0. The molecule has 0 unspecified atom stereocenters. The highest BCUT2D eigenvalue weighted by Gasteiger charge is 2.50. The molecule has 1 N–H and O–H groups in total. The highest BCUT2D eigenvalue weighted by atomic mass is 79.9. The number of carbonyl (C=O) groups excluding carboxylic acids is 1. The fourth-order valence-electron chi connectivity index (χ4n) is 5.01. The zero-order chi connectivity index (χ0) is 19.2. The number of thioether (sulfide) groups is 1. The predicted molar refractivity (Wildman–Crippen MR) is 111 cm³/mol. The number of likely N-dealkylation sites (tertiary alicyclic amines) is 1. The van der Waals surface area contributed by atoms with Gasteiger partial charge in [-0.2, -0.15) is 0 Å². The van der Waals surface area contributed by atoms with Crippen molar-refractivity contribution in [2.75, 3.05) is 12.3 Å². The highest BCUT2D eigenvalue weighted by Crippen LogP contribution is 2.52. The molecule has 27 heavy (non-hydrogen) atoms. The van der Waals surface area contributed by atoms with Crippen LogP contribution in [0.4, 0.5) is 0 Å². The minimum atomic E-state index is 0.210. The smallest absolute Gasteiger partial charge is 0.233 e. The van der Waals surface area contributed by atoms with Crippen LogP contribution in [0.15, 0.2) is 33.9 Å². The van der Waals surface area contributed by atoms with Crippen molar-refractivity contribution in [3.05, 3.63) is 28.7 Å². The number of fused-ring (bicyclic) bond motifs is 2. The van der Waals surface area contributed by atoms with E-state index >= 15 is 0 Å². The molecular weight excluding hydrogens is 424 g/mol. The Labute approximate surface area is 172 Å². The average molecular weight is 449 g/mol. The van der Waals surface area contributed by atoms with E-state index in [2.05, 4.69) is 56.8 Å². The van der Waals surface area contributed by atoms with E-state index < -0.39 is 0 Å². The van der Waals surface area contributed by atoms with Crippen molar-refractivity contribution in [3.8, 4) is 11.4 Å². The van der Waals surface area contributed by atoms with Crippen LogP contribution in [0.2, 0.25) is 0 Å². The second-order valence-electron chi connectivity index (χ2n) is 9.00. The predicted octanol–water partition coefficient (Wildman–Crippen LogP) is 4.75. The number of aromatic nitrogens is 3. The molecule has 2 heterocycles. The first kappa shape index (κ1) is 19.0. The van der Waals surface area contributed by atoms with Crippen LogP contribution in [0, 0.1) is 10.8 Å². The molecule has 1 aliphatic carbocycles. The van der Waals surface area contributed by atoms with Crippen molar-refractivity contribution >= 4 is 33.6 Å². The molecule has 2 fully saturated rings. The lowest BCUT2D eigenvalue weighted by atomic mass is 9.65. The SMILES string of the molecule is CC1(C)C[C@H]2C[C@](C)(CN2C(=O)CSc2n[nH]c(-c3ccc(Br)cc3)n2)C1. The maximum atomic E-state index is 12.9. The summed E-state index contributed by atoms with van der Waals surface area (Å²) in [5.41, 5.74) is 1.57. The van der Waals surface area contributed by atoms with Crippen molar-refractivity contribution in [1.82, 2.24) is 20.1 Å². The van der Waals surface area contributed by atoms with Crippen LogP contribution in [0.5, 0.6) is 0 Å². The number of nitrogens with zero attached hydrogens (tertiary/aromatic N) is 3. The number of rotatable bonds is 4. The van der Waals surface area contributed by atoms with E-state index in [1.807, 2.05) is 24.3 Å². The molecule has 2 aliphatic rings. The molecule has 0 spiro atoms. The van der Waals surface area contributed by atoms with Gasteiger partial charge in [0.25, 0.3) is 0 Å². The lowest BCUT2D eigenvalue weighted by Crippen LogP contribution is -2.38. The van der Waals surface area contributed by atoms with E-state index in [0.717, 1.165) is 35.2 Å². The van der Waals surface area contributed by atoms with E-state index in [1.165, 1.54) is 18.2 Å². The molecule has 1 aromatic heterocycles. The Morgan fingerprint density at radius 3 is 2.78 bits per heavy atom. The largest absolute Gasteiger partial charge is 0.338 e. The van der Waals surface area contributed by atoms with E-state index in [1.54, 1.807) is 0 Å². The van der Waals surface area contributed by atoms with Gasteiger partial charge in [0.2, 0.25) is 11.1 Å². The van der Waals surface area contributed by atoms with Crippen molar-refractivity contribution < 1.29 is 4.79 Å². The molecule has 7 heteroatoms. The number of amides is 1. The van der Waals surface area contributed by atoms with Gasteiger partial charge < -0.3 is 4.90 Å². The molecule has 144 valence electrons. The van der Waals surface area contributed by atoms with Crippen molar-refractivity contribution in [1.29, 1.82) is 0 Å². The van der Waals surface area contributed by atoms with E-state index in [4.69, 9.17) is 0 Å². The number of hydrogen-bond acceptors (Lipinski definition) is 4. The summed E-state index contributed by atoms with van der Waals surface area (Å²) in [6.45, 7) is 7.88. The average Bonchev–Trinajstić information content (AvgIpc) is 3.14. The number of benzene rings is 1. The minimum Gasteiger partial charge on any atom is -0.338 e. The van der Waals surface area contributed by atoms with Crippen LogP contribution in [-0.4, -0.2) is 44.3 Å². The van der Waals surface area contributed by atoms with Gasteiger partial charge in [-0.3, -0.25) is 9.89 Å². The molecular formula is C20H25BrN4OS. The maximum Gasteiger partial charge on any atom is 0.233 e. The molecule has 4 rings (SSSR count). The first-order chi connectivity index (χ1) is 12.7. The van der Waals surface area contributed by atoms with Crippen molar-refractivity contribution in [2.45, 2.75) is 51.2 Å². The Kier molecular flexibility index (Phi) is 4.87. The first-order valence-corrected chi connectivity index (χ1v) is 11.1. The number of carbonyl (C=O) groups is 1. The van der Waals surface area contributed by atoms with Crippen LogP contribution < -0.4 is 0 Å². The summed E-state index contributed by atoms with van der Waals surface area (Å²) >= 11 is 4.85. The van der Waals surface area contributed by atoms with Crippen LogP contribution in [0.25, 0.3) is 11.4 Å². The third-order valence-corrected chi connectivity index (χ3v) is 7.00. The molecule has 1 saturated carbocycles. The first-order valence-electron chi connectivity index (χ1n) is 9.34. The summed E-state index contributed by atoms with van der Waals surface area (Å²) < 4.78 is 1.03. The Morgan fingerprint density at radius 1 is 1.30 bits per heavy atom. The van der Waals surface area contributed by atoms with Crippen LogP contribution in [-0.2, 0) is 4.79 Å². The van der Waals surface area contributed by atoms with Gasteiger partial charge in [0.15, 0.2) is 5.82 Å². The molecule has 2 aromatic rings. The third-order valence-electron chi connectivity index (χ3n) is 5.64. The minimum absolute atomic E-state index is 0.210. The summed E-state index contributed by atoms with van der Waals surface area (Å²) in [6, 6.07) is 8.30. The fraction of sp³-hybridized carbons (Fsp3) is 0.550. The topological polar surface area (TPSA) is 61.9 Å². The second kappa shape index (κ2) is 6.92. The second-order valence-corrected chi connectivity index (χ2v) is 10.9. The molecule has 2 atom stereocenters. The Bertz CT molecular complexity index is 850. The van der Waals surface area contributed by atoms with Crippen LogP contribution >= 0.6 is 27.7 Å². The lowest BCUT2D eigenvalue weighted by Gasteiger charge is -2.39. The van der Waals surface area contributed by atoms with E-state index in [9.17, 15) is 4.79 Å². The van der Waals surface area contributed by atoms with Gasteiger partial charge in [-0.05, 0) is 42.2 Å². The molecule has 1 aromatic carbocycles. The Morgan fingerprint density at radius 2 is 2.04 bits per heavy atom. The zero-order valence-electron chi connectivity index (χ0n) is 16.0. The number of hydrogen-bond donors (Lipinski definition) is 1. The van der Waals surface area contributed by atoms with Gasteiger partial charge in [-0.25, -0.2) is 4.98 Å². The lowest BCUT2D eigenvalue weighted by molar-refractivity contribution is -0.129. The Balaban J connectivity index is 1.38. The molecule has 0 radical (unpaired) electrons. The van der Waals surface area contributed by atoms with Gasteiger partial charge in [0.1, 0.15) is 0 Å².